The van der Waals surface area contributed by atoms with Crippen LogP contribution in [-0.2, 0) is 4.79 Å². The van der Waals surface area contributed by atoms with Crippen LogP contribution in [0, 0.1) is 0 Å². The van der Waals surface area contributed by atoms with Gasteiger partial charge in [0.25, 0.3) is 0 Å². The van der Waals surface area contributed by atoms with Crippen LogP contribution in [0.5, 0.6) is 0 Å². The highest BCUT2D eigenvalue weighted by atomic mass is 16.3. The zero-order valence-electron chi connectivity index (χ0n) is 7.69. The van der Waals surface area contributed by atoms with E-state index in [-0.39, 0.29) is 5.91 Å². The molecule has 0 fully saturated rings. The molecule has 0 aliphatic carbocycles. The van der Waals surface area contributed by atoms with Crippen molar-refractivity contribution in [2.24, 2.45) is 4.99 Å². The number of hydrogen-bond donors (Lipinski definition) is 2. The third-order valence-electron chi connectivity index (χ3n) is 2.04. The molecule has 0 spiro atoms. The van der Waals surface area contributed by atoms with Gasteiger partial charge in [-0.05, 0) is 6.07 Å². The van der Waals surface area contributed by atoms with Crippen molar-refractivity contribution in [3.63, 3.8) is 0 Å². The molecule has 4 nitrogen and oxygen atoms in total. The van der Waals surface area contributed by atoms with Crippen molar-refractivity contribution in [1.82, 2.24) is 5.32 Å². The molecule has 1 aliphatic heterocycles. The second-order valence-corrected chi connectivity index (χ2v) is 3.14. The third-order valence-corrected chi connectivity index (χ3v) is 2.04. The van der Waals surface area contributed by atoms with Gasteiger partial charge < -0.3 is 10.4 Å². The minimum atomic E-state index is -0.810. The van der Waals surface area contributed by atoms with Crippen molar-refractivity contribution in [1.29, 1.82) is 0 Å². The van der Waals surface area contributed by atoms with E-state index < -0.39 is 6.10 Å². The number of benzene rings is 1. The topological polar surface area (TPSA) is 61.7 Å². The summed E-state index contributed by atoms with van der Waals surface area (Å²) in [4.78, 5) is 14.9. The fourth-order valence-electron chi connectivity index (χ4n) is 1.44. The summed E-state index contributed by atoms with van der Waals surface area (Å²) in [5.74, 6) is 0.0781. The molecule has 0 unspecified atom stereocenters. The normalized spacial score (nSPS) is 18.7. The number of amidine groups is 1. The number of para-hydroxylation sites is 1. The van der Waals surface area contributed by atoms with Crippen LogP contribution in [0.4, 0.5) is 5.69 Å². The van der Waals surface area contributed by atoms with Crippen molar-refractivity contribution in [3.8, 4) is 0 Å². The van der Waals surface area contributed by atoms with Gasteiger partial charge in [-0.2, -0.15) is 0 Å². The molecule has 0 saturated carbocycles. The second-order valence-electron chi connectivity index (χ2n) is 3.14. The number of hydrogen-bond acceptors (Lipinski definition) is 3. The number of nitrogens with zero attached hydrogens (tertiary/aromatic N) is 1. The summed E-state index contributed by atoms with van der Waals surface area (Å²) in [5, 5.41) is 12.2. The highest BCUT2D eigenvalue weighted by molar-refractivity contribution is 6.04. The van der Waals surface area contributed by atoms with Gasteiger partial charge in [-0.3, -0.25) is 4.79 Å². The Morgan fingerprint density at radius 3 is 2.86 bits per heavy atom. The lowest BCUT2D eigenvalue weighted by molar-refractivity contribution is -0.117. The second kappa shape index (κ2) is 3.23. The number of amides is 1. The quantitative estimate of drug-likeness (QED) is 0.638. The molecule has 0 radical (unpaired) electrons. The zero-order chi connectivity index (χ0) is 10.1. The Bertz CT molecular complexity index is 412. The van der Waals surface area contributed by atoms with E-state index in [1.165, 1.54) is 6.92 Å². The zero-order valence-corrected chi connectivity index (χ0v) is 7.69. The molecule has 0 bridgehead atoms. The molecule has 14 heavy (non-hydrogen) atoms. The number of fused-ring (bicyclic) bond motifs is 1. The van der Waals surface area contributed by atoms with E-state index in [1.54, 1.807) is 12.1 Å². The molecule has 2 N–H and O–H groups in total. The summed E-state index contributed by atoms with van der Waals surface area (Å²) in [6, 6.07) is 7.26. The van der Waals surface area contributed by atoms with Crippen LogP contribution in [0.3, 0.4) is 0 Å². The van der Waals surface area contributed by atoms with E-state index in [0.29, 0.717) is 11.5 Å². The van der Waals surface area contributed by atoms with E-state index in [2.05, 4.69) is 10.3 Å². The number of nitrogens with one attached hydrogen (secondary N) is 1. The number of rotatable bonds is 0. The predicted octanol–water partition coefficient (Wildman–Crippen LogP) is 0.900. The molecule has 1 aromatic rings. The maximum absolute atomic E-state index is 10.8. The summed E-state index contributed by atoms with van der Waals surface area (Å²) in [6.07, 6.45) is -0.810. The molecule has 2 rings (SSSR count). The molecule has 1 aliphatic rings. The summed E-state index contributed by atoms with van der Waals surface area (Å²) in [6.45, 7) is 1.39. The van der Waals surface area contributed by atoms with Gasteiger partial charge in [0.05, 0.1) is 5.69 Å². The Labute approximate surface area is 81.3 Å². The number of aliphatic hydroxyl groups is 1. The lowest BCUT2D eigenvalue weighted by Gasteiger charge is -2.06. The van der Waals surface area contributed by atoms with E-state index in [0.717, 1.165) is 5.56 Å². The average molecular weight is 190 g/mol. The lowest BCUT2D eigenvalue weighted by atomic mass is 10.1. The number of aliphatic imine (C=N–C) groups is 1. The summed E-state index contributed by atoms with van der Waals surface area (Å²) < 4.78 is 0. The monoisotopic (exact) mass is 190 g/mol. The van der Waals surface area contributed by atoms with Gasteiger partial charge in [0, 0.05) is 12.5 Å². The summed E-state index contributed by atoms with van der Waals surface area (Å²) in [5.41, 5.74) is 1.44. The maximum Gasteiger partial charge on any atom is 0.222 e. The summed E-state index contributed by atoms with van der Waals surface area (Å²) in [7, 11) is 0. The Morgan fingerprint density at radius 2 is 2.21 bits per heavy atom. The van der Waals surface area contributed by atoms with Gasteiger partial charge in [0.15, 0.2) is 0 Å². The highest BCUT2D eigenvalue weighted by Gasteiger charge is 2.24. The van der Waals surface area contributed by atoms with Crippen LogP contribution in [0.25, 0.3) is 0 Å². The van der Waals surface area contributed by atoms with Crippen molar-refractivity contribution >= 4 is 17.4 Å². The maximum atomic E-state index is 10.8. The molecule has 1 heterocycles. The fourth-order valence-corrected chi connectivity index (χ4v) is 1.44. The van der Waals surface area contributed by atoms with E-state index in [9.17, 15) is 9.90 Å². The van der Waals surface area contributed by atoms with Crippen molar-refractivity contribution in [2.75, 3.05) is 0 Å². The molecule has 0 aromatic heterocycles. The van der Waals surface area contributed by atoms with Crippen molar-refractivity contribution in [3.05, 3.63) is 29.8 Å². The number of carbonyl (C=O) groups excluding carboxylic acids is 1. The molecule has 1 aromatic carbocycles. The van der Waals surface area contributed by atoms with Crippen LogP contribution in [0.2, 0.25) is 0 Å². The SMILES string of the molecule is CC(=O)NC1=Nc2ccccc2[C@H]1O. The van der Waals surface area contributed by atoms with Crippen LogP contribution < -0.4 is 5.32 Å². The van der Waals surface area contributed by atoms with Crippen molar-refractivity contribution < 1.29 is 9.90 Å². The molecule has 72 valence electrons. The Hall–Kier alpha value is -1.68. The first-order valence-corrected chi connectivity index (χ1v) is 4.31. The first-order chi connectivity index (χ1) is 6.68. The molecular weight excluding hydrogens is 180 g/mol. The van der Waals surface area contributed by atoms with Gasteiger partial charge in [-0.25, -0.2) is 4.99 Å². The first kappa shape index (κ1) is 8.90. The number of aliphatic hydroxyl groups excluding tert-OH is 1. The van der Waals surface area contributed by atoms with Gasteiger partial charge in [0.1, 0.15) is 11.9 Å². The van der Waals surface area contributed by atoms with Crippen LogP contribution in [0.1, 0.15) is 18.6 Å². The molecule has 1 amide bonds. The van der Waals surface area contributed by atoms with Gasteiger partial charge in [-0.15, -0.1) is 0 Å². The highest BCUT2D eigenvalue weighted by Crippen LogP contribution is 2.32. The first-order valence-electron chi connectivity index (χ1n) is 4.31. The number of carbonyl (C=O) groups is 1. The summed E-state index contributed by atoms with van der Waals surface area (Å²) >= 11 is 0. The Kier molecular flexibility index (Phi) is 2.05. The fraction of sp³-hybridized carbons (Fsp3) is 0.200. The minimum absolute atomic E-state index is 0.226. The van der Waals surface area contributed by atoms with Gasteiger partial charge in [-0.1, -0.05) is 18.2 Å². The largest absolute Gasteiger partial charge is 0.380 e. The van der Waals surface area contributed by atoms with Crippen LogP contribution in [-0.4, -0.2) is 16.8 Å². The van der Waals surface area contributed by atoms with E-state index in [4.69, 9.17) is 0 Å². The van der Waals surface area contributed by atoms with Crippen LogP contribution in [0.15, 0.2) is 29.3 Å². The molecule has 0 saturated heterocycles. The van der Waals surface area contributed by atoms with Gasteiger partial charge in [0.2, 0.25) is 5.91 Å². The van der Waals surface area contributed by atoms with Crippen molar-refractivity contribution in [2.45, 2.75) is 13.0 Å². The lowest BCUT2D eigenvalue weighted by Crippen LogP contribution is -2.30. The molecule has 4 heteroatoms. The van der Waals surface area contributed by atoms with E-state index in [1.807, 2.05) is 12.1 Å². The predicted molar refractivity (Wildman–Crippen MR) is 52.3 cm³/mol. The van der Waals surface area contributed by atoms with Gasteiger partial charge >= 0.3 is 0 Å². The molecule has 1 atom stereocenters. The Morgan fingerprint density at radius 1 is 1.50 bits per heavy atom. The standard InChI is InChI=1S/C10H10N2O2/c1-6(13)11-10-9(14)7-4-2-3-5-8(7)12-10/h2-5,9,14H,1H3,(H,11,12,13)/t9-/m1/s1. The average Bonchev–Trinajstić information content (AvgIpc) is 2.44. The smallest absolute Gasteiger partial charge is 0.222 e. The third kappa shape index (κ3) is 1.40. The van der Waals surface area contributed by atoms with E-state index >= 15 is 0 Å². The van der Waals surface area contributed by atoms with Crippen LogP contribution >= 0.6 is 0 Å². The Balaban J connectivity index is 2.32. The minimum Gasteiger partial charge on any atom is -0.380 e. The molecular formula is C10H10N2O2.